The van der Waals surface area contributed by atoms with Crippen molar-refractivity contribution >= 4 is 11.9 Å². The van der Waals surface area contributed by atoms with E-state index in [4.69, 9.17) is 5.11 Å². The highest BCUT2D eigenvalue weighted by atomic mass is 16.4. The van der Waals surface area contributed by atoms with Gasteiger partial charge >= 0.3 is 5.97 Å². The minimum atomic E-state index is -0.983. The molecule has 0 saturated heterocycles. The van der Waals surface area contributed by atoms with Gasteiger partial charge in [-0.25, -0.2) is 4.79 Å². The maximum Gasteiger partial charge on any atom is 0.326 e. The van der Waals surface area contributed by atoms with Gasteiger partial charge in [-0.15, -0.1) is 0 Å². The number of hydrogen-bond donors (Lipinski definition) is 3. The summed E-state index contributed by atoms with van der Waals surface area (Å²) in [5.74, 6) is -1.19. The minimum Gasteiger partial charge on any atom is -0.480 e. The lowest BCUT2D eigenvalue weighted by Gasteiger charge is -2.14. The third-order valence-corrected chi connectivity index (χ3v) is 3.03. The summed E-state index contributed by atoms with van der Waals surface area (Å²) in [5, 5.41) is 14.7. The van der Waals surface area contributed by atoms with Crippen molar-refractivity contribution in [1.29, 1.82) is 0 Å². The molecule has 1 amide bonds. The molecule has 1 rings (SSSR count). The Bertz CT molecular complexity index is 420. The van der Waals surface area contributed by atoms with Gasteiger partial charge in [0.2, 0.25) is 5.91 Å². The summed E-state index contributed by atoms with van der Waals surface area (Å²) in [6.07, 6.45) is 2.08. The highest BCUT2D eigenvalue weighted by Gasteiger charge is 2.19. The summed E-state index contributed by atoms with van der Waals surface area (Å²) in [6.45, 7) is 0.745. The number of hydrogen-bond acceptors (Lipinski definition) is 3. The third-order valence-electron chi connectivity index (χ3n) is 3.03. The number of carbonyl (C=O) groups is 2. The smallest absolute Gasteiger partial charge is 0.326 e. The fraction of sp³-hybridized carbons (Fsp3) is 0.467. The first kappa shape index (κ1) is 16.2. The van der Waals surface area contributed by atoms with E-state index in [0.29, 0.717) is 25.7 Å². The van der Waals surface area contributed by atoms with Gasteiger partial charge in [-0.1, -0.05) is 30.3 Å². The Kier molecular flexibility index (Phi) is 7.35. The van der Waals surface area contributed by atoms with Crippen molar-refractivity contribution < 1.29 is 14.7 Å². The van der Waals surface area contributed by atoms with Crippen LogP contribution in [-0.4, -0.2) is 36.6 Å². The highest BCUT2D eigenvalue weighted by molar-refractivity contribution is 5.83. The maximum atomic E-state index is 11.6. The molecule has 3 N–H and O–H groups in total. The molecule has 110 valence electrons. The Balaban J connectivity index is 2.40. The molecule has 0 unspecified atom stereocenters. The molecule has 0 aromatic heterocycles. The lowest BCUT2D eigenvalue weighted by Crippen LogP contribution is -2.41. The Labute approximate surface area is 119 Å². The normalized spacial score (nSPS) is 11.8. The van der Waals surface area contributed by atoms with Crippen LogP contribution in [0.15, 0.2) is 30.3 Å². The van der Waals surface area contributed by atoms with Crippen LogP contribution < -0.4 is 10.6 Å². The van der Waals surface area contributed by atoms with Crippen molar-refractivity contribution in [3.05, 3.63) is 35.9 Å². The second-order valence-corrected chi connectivity index (χ2v) is 4.69. The third kappa shape index (κ3) is 6.33. The summed E-state index contributed by atoms with van der Waals surface area (Å²) in [7, 11) is 1.82. The van der Waals surface area contributed by atoms with Gasteiger partial charge in [-0.2, -0.15) is 0 Å². The first-order valence-electron chi connectivity index (χ1n) is 6.84. The van der Waals surface area contributed by atoms with Crippen LogP contribution in [0.4, 0.5) is 0 Å². The minimum absolute atomic E-state index is 0.208. The van der Waals surface area contributed by atoms with Crippen molar-refractivity contribution in [3.63, 3.8) is 0 Å². The maximum absolute atomic E-state index is 11.6. The number of nitrogens with one attached hydrogen (secondary N) is 2. The Morgan fingerprint density at radius 3 is 2.55 bits per heavy atom. The van der Waals surface area contributed by atoms with Gasteiger partial charge < -0.3 is 15.7 Å². The quantitative estimate of drug-likeness (QED) is 0.593. The van der Waals surface area contributed by atoms with E-state index in [1.165, 1.54) is 0 Å². The molecular weight excluding hydrogens is 256 g/mol. The zero-order valence-corrected chi connectivity index (χ0v) is 11.8. The van der Waals surface area contributed by atoms with Crippen LogP contribution >= 0.6 is 0 Å². The zero-order valence-electron chi connectivity index (χ0n) is 11.8. The molecule has 0 aliphatic heterocycles. The van der Waals surface area contributed by atoms with Gasteiger partial charge in [0, 0.05) is 6.42 Å². The molecule has 0 saturated carbocycles. The van der Waals surface area contributed by atoms with Gasteiger partial charge in [0.05, 0.1) is 0 Å². The predicted octanol–water partition coefficient (Wildman–Crippen LogP) is 1.19. The van der Waals surface area contributed by atoms with E-state index < -0.39 is 12.0 Å². The Hall–Kier alpha value is -1.88. The fourth-order valence-corrected chi connectivity index (χ4v) is 1.91. The Morgan fingerprint density at radius 2 is 1.95 bits per heavy atom. The number of aliphatic carboxylic acids is 1. The van der Waals surface area contributed by atoms with Crippen LogP contribution in [0.2, 0.25) is 0 Å². The Morgan fingerprint density at radius 1 is 1.25 bits per heavy atom. The van der Waals surface area contributed by atoms with Gasteiger partial charge in [0.15, 0.2) is 0 Å². The van der Waals surface area contributed by atoms with E-state index in [1.54, 1.807) is 0 Å². The summed E-state index contributed by atoms with van der Waals surface area (Å²) in [4.78, 5) is 22.8. The summed E-state index contributed by atoms with van der Waals surface area (Å²) < 4.78 is 0. The van der Waals surface area contributed by atoms with Gasteiger partial charge in [-0.3, -0.25) is 4.79 Å². The van der Waals surface area contributed by atoms with Crippen LogP contribution in [0.3, 0.4) is 0 Å². The molecule has 5 heteroatoms. The van der Waals surface area contributed by atoms with Gasteiger partial charge in [0.25, 0.3) is 0 Å². The molecule has 0 heterocycles. The molecule has 0 spiro atoms. The van der Waals surface area contributed by atoms with Crippen molar-refractivity contribution in [1.82, 2.24) is 10.6 Å². The van der Waals surface area contributed by atoms with E-state index >= 15 is 0 Å². The first-order chi connectivity index (χ1) is 9.63. The van der Waals surface area contributed by atoms with Gasteiger partial charge in [-0.05, 0) is 38.4 Å². The lowest BCUT2D eigenvalue weighted by atomic mass is 10.1. The molecule has 1 aromatic rings. The average Bonchev–Trinajstić information content (AvgIpc) is 2.44. The van der Waals surface area contributed by atoms with Crippen molar-refractivity contribution in [2.24, 2.45) is 0 Å². The molecule has 5 nitrogen and oxygen atoms in total. The number of carbonyl (C=O) groups excluding carboxylic acids is 1. The molecule has 1 aromatic carbocycles. The number of aryl methyl sites for hydroxylation is 1. The molecular formula is C15H22N2O3. The standard InChI is InChI=1S/C15H22N2O3/c1-16-11-5-8-14(18)17-13(15(19)20)10-9-12-6-3-2-4-7-12/h2-4,6-7,13,16H,5,8-11H2,1H3,(H,17,18)(H,19,20)/t13-/m0/s1. The van der Waals surface area contributed by atoms with Gasteiger partial charge in [0.1, 0.15) is 6.04 Å². The summed E-state index contributed by atoms with van der Waals surface area (Å²) >= 11 is 0. The van der Waals surface area contributed by atoms with Crippen molar-refractivity contribution in [2.45, 2.75) is 31.7 Å². The molecule has 20 heavy (non-hydrogen) atoms. The van der Waals surface area contributed by atoms with Crippen molar-refractivity contribution in [3.8, 4) is 0 Å². The topological polar surface area (TPSA) is 78.4 Å². The second kappa shape index (κ2) is 9.09. The molecule has 0 fully saturated rings. The van der Waals surface area contributed by atoms with E-state index in [9.17, 15) is 9.59 Å². The fourth-order valence-electron chi connectivity index (χ4n) is 1.91. The van der Waals surface area contributed by atoms with Crippen LogP contribution in [0.1, 0.15) is 24.8 Å². The van der Waals surface area contributed by atoms with E-state index in [0.717, 1.165) is 12.1 Å². The van der Waals surface area contributed by atoms with Crippen LogP contribution in [0, 0.1) is 0 Å². The monoisotopic (exact) mass is 278 g/mol. The molecule has 0 aliphatic rings. The lowest BCUT2D eigenvalue weighted by molar-refractivity contribution is -0.142. The highest BCUT2D eigenvalue weighted by Crippen LogP contribution is 2.05. The predicted molar refractivity (Wildman–Crippen MR) is 77.5 cm³/mol. The second-order valence-electron chi connectivity index (χ2n) is 4.69. The average molecular weight is 278 g/mol. The number of carboxylic acid groups (broad SMARTS) is 1. The molecule has 0 radical (unpaired) electrons. The molecule has 1 atom stereocenters. The number of rotatable bonds is 9. The number of benzene rings is 1. The van der Waals surface area contributed by atoms with Crippen molar-refractivity contribution in [2.75, 3.05) is 13.6 Å². The van der Waals surface area contributed by atoms with Crippen LogP contribution in [-0.2, 0) is 16.0 Å². The van der Waals surface area contributed by atoms with E-state index in [-0.39, 0.29) is 5.91 Å². The largest absolute Gasteiger partial charge is 0.480 e. The zero-order chi connectivity index (χ0) is 14.8. The SMILES string of the molecule is CNCCCC(=O)N[C@@H](CCc1ccccc1)C(=O)O. The summed E-state index contributed by atoms with van der Waals surface area (Å²) in [6, 6.07) is 8.84. The van der Waals surface area contributed by atoms with E-state index in [1.807, 2.05) is 37.4 Å². The molecule has 0 aliphatic carbocycles. The summed E-state index contributed by atoms with van der Waals surface area (Å²) in [5.41, 5.74) is 1.07. The number of carboxylic acids is 1. The number of amides is 1. The molecule has 0 bridgehead atoms. The van der Waals surface area contributed by atoms with Crippen LogP contribution in [0.5, 0.6) is 0 Å². The van der Waals surface area contributed by atoms with Crippen LogP contribution in [0.25, 0.3) is 0 Å². The first-order valence-corrected chi connectivity index (χ1v) is 6.84. The van der Waals surface area contributed by atoms with E-state index in [2.05, 4.69) is 10.6 Å².